The Morgan fingerprint density at radius 3 is 1.33 bits per heavy atom. The molecule has 2 unspecified atom stereocenters. The summed E-state index contributed by atoms with van der Waals surface area (Å²) in [7, 11) is 5.54. The van der Waals surface area contributed by atoms with Crippen LogP contribution in [0.3, 0.4) is 0 Å². The van der Waals surface area contributed by atoms with Crippen LogP contribution in [0, 0.1) is 0 Å². The predicted octanol–water partition coefficient (Wildman–Crippen LogP) is 16.3. The zero-order valence-corrected chi connectivity index (χ0v) is 44.1. The second-order valence-electron chi connectivity index (χ2n) is 19.5. The highest BCUT2D eigenvalue weighted by molar-refractivity contribution is 5.72. The lowest BCUT2D eigenvalue weighted by molar-refractivity contribution is -0.887. The van der Waals surface area contributed by atoms with Gasteiger partial charge in [-0.15, -0.1) is 0 Å². The number of quaternary nitrogens is 1. The van der Waals surface area contributed by atoms with Gasteiger partial charge in [0.15, 0.2) is 12.1 Å². The van der Waals surface area contributed by atoms with E-state index in [2.05, 4.69) is 86.8 Å². The Bertz CT molecular complexity index is 1320. The zero-order valence-electron chi connectivity index (χ0n) is 44.1. The van der Waals surface area contributed by atoms with Crippen LogP contribution in [0.4, 0.5) is 0 Å². The van der Waals surface area contributed by atoms with Gasteiger partial charge in [0, 0.05) is 19.3 Å². The molecule has 0 saturated heterocycles. The summed E-state index contributed by atoms with van der Waals surface area (Å²) >= 11 is 0. The molecule has 0 aromatic carbocycles. The van der Waals surface area contributed by atoms with Gasteiger partial charge in [0.2, 0.25) is 0 Å². The number of nitrogens with zero attached hydrogens (tertiary/aromatic N) is 1. The van der Waals surface area contributed by atoms with Crippen molar-refractivity contribution >= 4 is 17.9 Å². The van der Waals surface area contributed by atoms with E-state index in [1.807, 2.05) is 21.1 Å². The van der Waals surface area contributed by atoms with Crippen molar-refractivity contribution in [1.29, 1.82) is 0 Å². The topological polar surface area (TPSA) is 99.1 Å². The summed E-state index contributed by atoms with van der Waals surface area (Å²) in [4.78, 5) is 37.3. The molecule has 1 N–H and O–H groups in total. The zero-order chi connectivity index (χ0) is 49.2. The molecule has 0 radical (unpaired) electrons. The smallest absolute Gasteiger partial charge is 0.362 e. The molecule has 2 atom stereocenters. The first kappa shape index (κ1) is 63.8. The minimum Gasteiger partial charge on any atom is -0.477 e. The molecule has 0 saturated carbocycles. The third kappa shape index (κ3) is 47.6. The summed E-state index contributed by atoms with van der Waals surface area (Å²) in [6, 6.07) is -0.619. The van der Waals surface area contributed by atoms with Crippen molar-refractivity contribution in [3.05, 3.63) is 72.9 Å². The van der Waals surface area contributed by atoms with Crippen LogP contribution in [-0.4, -0.2) is 80.6 Å². The van der Waals surface area contributed by atoms with Crippen LogP contribution >= 0.6 is 0 Å². The number of carbonyl (C=O) groups is 3. The Hall–Kier alpha value is -3.23. The van der Waals surface area contributed by atoms with Crippen molar-refractivity contribution < 1.29 is 38.2 Å². The maximum atomic E-state index is 12.8. The number of rotatable bonds is 49. The molecule has 8 heteroatoms. The molecule has 0 spiro atoms. The Morgan fingerprint density at radius 2 is 0.881 bits per heavy atom. The molecule has 0 rings (SSSR count). The van der Waals surface area contributed by atoms with Crippen LogP contribution in [0.2, 0.25) is 0 Å². The fourth-order valence-electron chi connectivity index (χ4n) is 7.90. The minimum absolute atomic E-state index is 0.0565. The number of allylic oxidation sites excluding steroid dienone is 12. The number of hydrogen-bond donors (Lipinski definition) is 1. The molecule has 0 bridgehead atoms. The first-order chi connectivity index (χ1) is 32.6. The SMILES string of the molecule is CC/C=C/C/C=C/C/C=C/C/C=C/CCCCCCCCCCCCC(=O)OCC(COCCC(C(=O)O)[N+](C)(C)C)OC(=O)CCCCCCCCCCCC/C=C/C=C/CCCCCC. The van der Waals surface area contributed by atoms with Crippen LogP contribution < -0.4 is 0 Å². The van der Waals surface area contributed by atoms with Crippen LogP contribution in [0.15, 0.2) is 72.9 Å². The summed E-state index contributed by atoms with van der Waals surface area (Å²) in [5.41, 5.74) is 0. The van der Waals surface area contributed by atoms with Crippen molar-refractivity contribution in [2.45, 2.75) is 244 Å². The summed E-state index contributed by atoms with van der Waals surface area (Å²) in [6.07, 6.45) is 63.8. The lowest BCUT2D eigenvalue weighted by atomic mass is 10.0. The van der Waals surface area contributed by atoms with Gasteiger partial charge in [0.05, 0.1) is 34.4 Å². The van der Waals surface area contributed by atoms with E-state index in [9.17, 15) is 19.5 Å². The second kappa shape index (κ2) is 49.2. The van der Waals surface area contributed by atoms with Crippen molar-refractivity contribution in [3.63, 3.8) is 0 Å². The fourth-order valence-corrected chi connectivity index (χ4v) is 7.90. The van der Waals surface area contributed by atoms with Gasteiger partial charge in [0.1, 0.15) is 6.61 Å². The van der Waals surface area contributed by atoms with Crippen molar-refractivity contribution in [1.82, 2.24) is 0 Å². The number of carbonyl (C=O) groups excluding carboxylic acids is 2. The third-order valence-electron chi connectivity index (χ3n) is 12.1. The van der Waals surface area contributed by atoms with Gasteiger partial charge >= 0.3 is 17.9 Å². The van der Waals surface area contributed by atoms with E-state index in [0.717, 1.165) is 64.2 Å². The molecular formula is C59H104NO7+. The third-order valence-corrected chi connectivity index (χ3v) is 12.1. The van der Waals surface area contributed by atoms with Crippen molar-refractivity contribution in [2.75, 3.05) is 41.0 Å². The van der Waals surface area contributed by atoms with Gasteiger partial charge in [-0.3, -0.25) is 9.59 Å². The van der Waals surface area contributed by atoms with E-state index in [1.165, 1.54) is 135 Å². The van der Waals surface area contributed by atoms with Crippen LogP contribution in [0.5, 0.6) is 0 Å². The Labute approximate surface area is 412 Å². The normalized spacial score (nSPS) is 13.4. The first-order valence-electron chi connectivity index (χ1n) is 27.5. The van der Waals surface area contributed by atoms with E-state index in [4.69, 9.17) is 14.2 Å². The Kier molecular flexibility index (Phi) is 46.8. The quantitative estimate of drug-likeness (QED) is 0.0213. The molecule has 0 heterocycles. The second-order valence-corrected chi connectivity index (χ2v) is 19.5. The molecule has 0 fully saturated rings. The van der Waals surface area contributed by atoms with Crippen LogP contribution in [-0.2, 0) is 28.6 Å². The van der Waals surface area contributed by atoms with E-state index in [0.29, 0.717) is 19.3 Å². The maximum absolute atomic E-state index is 12.8. The summed E-state index contributed by atoms with van der Waals surface area (Å²) in [6.45, 7) is 4.62. The number of hydrogen-bond acceptors (Lipinski definition) is 6. The average molecular weight is 939 g/mol. The molecule has 8 nitrogen and oxygen atoms in total. The number of unbranched alkanes of at least 4 members (excludes halogenated alkanes) is 24. The van der Waals surface area contributed by atoms with E-state index >= 15 is 0 Å². The maximum Gasteiger partial charge on any atom is 0.362 e. The van der Waals surface area contributed by atoms with Gasteiger partial charge < -0.3 is 23.8 Å². The standard InChI is InChI=1S/C59H103NO7/c1-6-8-10-12-14-16-18-20-22-24-26-28-29-30-32-33-35-37-39-41-43-45-47-49-57(61)66-54-55(53-65-52-51-56(59(63)64)60(3,4)5)67-58(62)50-48-46-44-42-40-38-36-34-31-27-25-23-21-19-17-15-13-11-9-7-2/h8,10,14,16-17,19-23,26,28,55-56H,6-7,9,11-13,15,18,24-25,27,29-54H2,1-5H3/p+1/b10-8+,16-14+,19-17+,22-20+,23-21+,28-26+. The van der Waals surface area contributed by atoms with Crippen LogP contribution in [0.25, 0.3) is 0 Å². The highest BCUT2D eigenvalue weighted by Gasteiger charge is 2.31. The van der Waals surface area contributed by atoms with Crippen molar-refractivity contribution in [3.8, 4) is 0 Å². The van der Waals surface area contributed by atoms with Gasteiger partial charge in [-0.05, 0) is 77.0 Å². The fraction of sp³-hybridized carbons (Fsp3) is 0.746. The van der Waals surface area contributed by atoms with Gasteiger partial charge in [-0.2, -0.15) is 0 Å². The number of ether oxygens (including phenoxy) is 3. The monoisotopic (exact) mass is 939 g/mol. The van der Waals surface area contributed by atoms with E-state index in [-0.39, 0.29) is 36.2 Å². The predicted molar refractivity (Wildman–Crippen MR) is 284 cm³/mol. The number of esters is 2. The molecular weight excluding hydrogens is 835 g/mol. The lowest BCUT2D eigenvalue weighted by Gasteiger charge is -2.31. The first-order valence-corrected chi connectivity index (χ1v) is 27.5. The Balaban J connectivity index is 4.21. The van der Waals surface area contributed by atoms with E-state index < -0.39 is 18.1 Å². The summed E-state index contributed by atoms with van der Waals surface area (Å²) in [5, 5.41) is 9.67. The number of carboxylic acid groups (broad SMARTS) is 1. The molecule has 0 aliphatic carbocycles. The molecule has 0 aromatic heterocycles. The molecule has 0 amide bonds. The Morgan fingerprint density at radius 1 is 0.478 bits per heavy atom. The summed E-state index contributed by atoms with van der Waals surface area (Å²) < 4.78 is 17.4. The van der Waals surface area contributed by atoms with Gasteiger partial charge in [0.25, 0.3) is 0 Å². The molecule has 0 aliphatic rings. The molecule has 0 aromatic rings. The van der Waals surface area contributed by atoms with Gasteiger partial charge in [-0.25, -0.2) is 4.79 Å². The van der Waals surface area contributed by atoms with Crippen molar-refractivity contribution in [2.24, 2.45) is 0 Å². The van der Waals surface area contributed by atoms with Crippen LogP contribution in [0.1, 0.15) is 232 Å². The minimum atomic E-state index is -0.876. The highest BCUT2D eigenvalue weighted by atomic mass is 16.6. The molecule has 67 heavy (non-hydrogen) atoms. The molecule has 386 valence electrons. The number of aliphatic carboxylic acids is 1. The lowest BCUT2D eigenvalue weighted by Crippen LogP contribution is -2.50. The molecule has 0 aliphatic heterocycles. The highest BCUT2D eigenvalue weighted by Crippen LogP contribution is 2.16. The number of carboxylic acids is 1. The summed E-state index contributed by atoms with van der Waals surface area (Å²) in [5.74, 6) is -1.47. The largest absolute Gasteiger partial charge is 0.477 e. The van der Waals surface area contributed by atoms with Gasteiger partial charge in [-0.1, -0.05) is 209 Å². The average Bonchev–Trinajstić information content (AvgIpc) is 3.29. The number of likely N-dealkylation sites (N-methyl/N-ethyl adjacent to an activating group) is 1. The van der Waals surface area contributed by atoms with E-state index in [1.54, 1.807) is 0 Å².